The zero-order chi connectivity index (χ0) is 22.7. The molecule has 0 saturated carbocycles. The highest BCUT2D eigenvalue weighted by Crippen LogP contribution is 2.48. The molecule has 1 aromatic heterocycles. The lowest BCUT2D eigenvalue weighted by Crippen LogP contribution is -2.43. The van der Waals surface area contributed by atoms with E-state index in [-0.39, 0.29) is 13.2 Å². The second kappa shape index (κ2) is 9.17. The molecular formula is C19H29N3O7Si. The molecule has 1 aromatic rings. The lowest BCUT2D eigenvalue weighted by atomic mass is 9.89. The molecule has 1 amide bonds. The zero-order valence-corrected chi connectivity index (χ0v) is 18.5. The van der Waals surface area contributed by atoms with Gasteiger partial charge in [-0.05, 0) is 24.6 Å². The number of hydrogen-bond acceptors (Lipinski definition) is 7. The number of nitrogens with one attached hydrogen (secondary N) is 2. The number of ether oxygens (including phenoxy) is 2. The third kappa shape index (κ3) is 5.40. The van der Waals surface area contributed by atoms with E-state index in [9.17, 15) is 24.3 Å². The number of aliphatic hydroxyl groups is 1. The molecule has 1 aliphatic rings. The minimum Gasteiger partial charge on any atom is -0.447 e. The van der Waals surface area contributed by atoms with Crippen molar-refractivity contribution < 1.29 is 24.2 Å². The smallest absolute Gasteiger partial charge is 0.407 e. The van der Waals surface area contributed by atoms with Crippen LogP contribution in [0.3, 0.4) is 0 Å². The Morgan fingerprint density at radius 2 is 2.13 bits per heavy atom. The summed E-state index contributed by atoms with van der Waals surface area (Å²) in [4.78, 5) is 48.3. The molecule has 0 bridgehead atoms. The highest BCUT2D eigenvalue weighted by atomic mass is 28.4. The monoisotopic (exact) mass is 439 g/mol. The molecule has 166 valence electrons. The van der Waals surface area contributed by atoms with Crippen LogP contribution in [0.4, 0.5) is 4.79 Å². The second-order valence-corrected chi connectivity index (χ2v) is 13.0. The fourth-order valence-corrected chi connectivity index (χ4v) is 3.97. The first kappa shape index (κ1) is 23.9. The number of nitrogens with zero attached hydrogens (tertiary/aromatic N) is 1. The van der Waals surface area contributed by atoms with Crippen molar-refractivity contribution in [2.75, 3.05) is 13.2 Å². The molecule has 0 aliphatic carbocycles. The number of aliphatic hydroxyl groups excluding tert-OH is 1. The van der Waals surface area contributed by atoms with E-state index in [0.717, 1.165) is 0 Å². The Kier molecular flexibility index (Phi) is 7.30. The zero-order valence-electron chi connectivity index (χ0n) is 17.5. The van der Waals surface area contributed by atoms with Gasteiger partial charge < -0.3 is 24.7 Å². The molecule has 0 radical (unpaired) electrons. The van der Waals surface area contributed by atoms with Gasteiger partial charge >= 0.3 is 11.8 Å². The highest BCUT2D eigenvalue weighted by molar-refractivity contribution is 6.72. The van der Waals surface area contributed by atoms with Crippen LogP contribution in [-0.2, 0) is 9.47 Å². The van der Waals surface area contributed by atoms with Crippen LogP contribution in [0.5, 0.6) is 0 Å². The molecule has 2 heterocycles. The van der Waals surface area contributed by atoms with Gasteiger partial charge in [0.05, 0.1) is 12.6 Å². The van der Waals surface area contributed by atoms with E-state index in [1.807, 2.05) is 13.8 Å². The van der Waals surface area contributed by atoms with E-state index >= 15 is 0 Å². The summed E-state index contributed by atoms with van der Waals surface area (Å²) in [7, 11) is -2.63. The molecule has 1 saturated heterocycles. The fraction of sp³-hybridized carbons (Fsp3) is 0.632. The van der Waals surface area contributed by atoms with Gasteiger partial charge in [-0.25, -0.2) is 9.59 Å². The van der Waals surface area contributed by atoms with Crippen molar-refractivity contribution in [3.63, 3.8) is 0 Å². The number of hydrogen-bond donors (Lipinski definition) is 4. The molecule has 4 atom stereocenters. The number of alkyl carbamates (subject to hydrolysis) is 1. The first-order valence-corrected chi connectivity index (χ1v) is 12.5. The van der Waals surface area contributed by atoms with Gasteiger partial charge in [-0.3, -0.25) is 14.3 Å². The molecule has 11 heteroatoms. The van der Waals surface area contributed by atoms with Gasteiger partial charge in [0.25, 0.3) is 5.56 Å². The van der Waals surface area contributed by atoms with Crippen LogP contribution in [-0.4, -0.2) is 59.2 Å². The van der Waals surface area contributed by atoms with Crippen molar-refractivity contribution in [2.24, 2.45) is 5.92 Å². The maximum Gasteiger partial charge on any atom is 0.407 e. The highest BCUT2D eigenvalue weighted by Gasteiger charge is 2.50. The van der Waals surface area contributed by atoms with Crippen LogP contribution in [0.25, 0.3) is 0 Å². The molecule has 4 N–H and O–H groups in total. The molecule has 30 heavy (non-hydrogen) atoms. The summed E-state index contributed by atoms with van der Waals surface area (Å²) in [5.41, 5.74) is -1.24. The van der Waals surface area contributed by atoms with Gasteiger partial charge in [-0.2, -0.15) is 0 Å². The number of carbonyl (C=O) groups excluding carboxylic acids is 1. The van der Waals surface area contributed by atoms with Crippen molar-refractivity contribution >= 4 is 14.4 Å². The standard InChI is InChI=1S/C19H29N3O7Si/c1-6-8-20-18(26)28-11-13-15(24)12(10-19(2,3)30(4,5)27)16(29-13)22-9-7-14(23)21-17(22)25/h1,7,9,12-13,15-16,24,27H,8,10-11H2,2-5H3,(H,20,26)(H,21,23,25)/t12-,13+,15?,16+/m0/s1. The molecule has 10 nitrogen and oxygen atoms in total. The predicted molar refractivity (Wildman–Crippen MR) is 111 cm³/mol. The number of rotatable bonds is 7. The SMILES string of the molecule is C#CCNC(=O)OC[C@H]1O[C@@H](n2ccc(=O)[nH]c2=O)[C@@H](CC(C)(C)[Si](C)(C)O)C1O. The van der Waals surface area contributed by atoms with Crippen LogP contribution in [0.15, 0.2) is 21.9 Å². The van der Waals surface area contributed by atoms with Crippen LogP contribution in [0.2, 0.25) is 18.1 Å². The molecule has 0 spiro atoms. The Bertz CT molecular complexity index is 912. The molecule has 2 rings (SSSR count). The summed E-state index contributed by atoms with van der Waals surface area (Å²) in [5, 5.41) is 12.7. The van der Waals surface area contributed by atoms with E-state index in [1.165, 1.54) is 16.8 Å². The van der Waals surface area contributed by atoms with E-state index in [1.54, 1.807) is 13.1 Å². The summed E-state index contributed by atoms with van der Waals surface area (Å²) >= 11 is 0. The van der Waals surface area contributed by atoms with Gasteiger partial charge in [0.2, 0.25) is 0 Å². The van der Waals surface area contributed by atoms with Crippen LogP contribution in [0.1, 0.15) is 26.5 Å². The molecular weight excluding hydrogens is 410 g/mol. The van der Waals surface area contributed by atoms with Gasteiger partial charge in [-0.1, -0.05) is 19.8 Å². The maximum absolute atomic E-state index is 12.3. The fourth-order valence-electron chi connectivity index (χ4n) is 3.23. The summed E-state index contributed by atoms with van der Waals surface area (Å²) < 4.78 is 12.1. The van der Waals surface area contributed by atoms with Crippen molar-refractivity contribution in [1.82, 2.24) is 14.9 Å². The maximum atomic E-state index is 12.3. The molecule has 1 unspecified atom stereocenters. The number of aromatic nitrogens is 2. The minimum atomic E-state index is -2.63. The van der Waals surface area contributed by atoms with Crippen molar-refractivity contribution in [2.45, 2.75) is 56.8 Å². The van der Waals surface area contributed by atoms with Gasteiger partial charge in [-0.15, -0.1) is 6.42 Å². The quantitative estimate of drug-likeness (QED) is 0.349. The number of H-pyrrole nitrogens is 1. The summed E-state index contributed by atoms with van der Waals surface area (Å²) in [5.74, 6) is 1.65. The first-order chi connectivity index (χ1) is 13.9. The largest absolute Gasteiger partial charge is 0.447 e. The van der Waals surface area contributed by atoms with Crippen molar-refractivity contribution in [3.05, 3.63) is 33.1 Å². The Balaban J connectivity index is 2.29. The number of aromatic amines is 1. The van der Waals surface area contributed by atoms with Crippen molar-refractivity contribution in [3.8, 4) is 12.3 Å². The van der Waals surface area contributed by atoms with E-state index < -0.39 is 55.1 Å². The van der Waals surface area contributed by atoms with E-state index in [2.05, 4.69) is 16.2 Å². The Morgan fingerprint density at radius 3 is 2.70 bits per heavy atom. The van der Waals surface area contributed by atoms with Gasteiger partial charge in [0, 0.05) is 18.2 Å². The third-order valence-electron chi connectivity index (χ3n) is 5.74. The summed E-state index contributed by atoms with van der Waals surface area (Å²) in [6, 6.07) is 1.18. The Hall–Kier alpha value is -2.39. The normalized spacial score (nSPS) is 24.3. The Labute approximate surface area is 175 Å². The molecule has 1 fully saturated rings. The first-order valence-electron chi connectivity index (χ1n) is 9.59. The van der Waals surface area contributed by atoms with Gasteiger partial charge in [0.1, 0.15) is 18.9 Å². The van der Waals surface area contributed by atoms with Crippen LogP contribution >= 0.6 is 0 Å². The second-order valence-electron chi connectivity index (χ2n) is 8.54. The van der Waals surface area contributed by atoms with Crippen molar-refractivity contribution in [1.29, 1.82) is 0 Å². The average Bonchev–Trinajstić information content (AvgIpc) is 2.93. The van der Waals surface area contributed by atoms with Crippen LogP contribution in [0, 0.1) is 18.3 Å². The predicted octanol–water partition coefficient (Wildman–Crippen LogP) is 0.138. The number of amides is 1. The number of carbonyl (C=O) groups is 1. The topological polar surface area (TPSA) is 143 Å². The summed E-state index contributed by atoms with van der Waals surface area (Å²) in [6.45, 7) is 7.13. The lowest BCUT2D eigenvalue weighted by molar-refractivity contribution is -0.0512. The van der Waals surface area contributed by atoms with Gasteiger partial charge in [0.15, 0.2) is 8.32 Å². The lowest BCUT2D eigenvalue weighted by Gasteiger charge is -2.38. The minimum absolute atomic E-state index is 0.00463. The van der Waals surface area contributed by atoms with E-state index in [0.29, 0.717) is 6.42 Å². The molecule has 0 aromatic carbocycles. The average molecular weight is 440 g/mol. The third-order valence-corrected chi connectivity index (χ3v) is 9.26. The van der Waals surface area contributed by atoms with Crippen LogP contribution < -0.4 is 16.6 Å². The number of terminal acetylenes is 1. The Morgan fingerprint density at radius 1 is 1.47 bits per heavy atom. The summed E-state index contributed by atoms with van der Waals surface area (Å²) in [6.07, 6.45) is 3.06. The van der Waals surface area contributed by atoms with E-state index in [4.69, 9.17) is 15.9 Å². The molecule has 1 aliphatic heterocycles.